The van der Waals surface area contributed by atoms with Gasteiger partial charge in [-0.15, -0.1) is 0 Å². The maximum atomic E-state index is 9.63. The van der Waals surface area contributed by atoms with Crippen molar-refractivity contribution in [3.63, 3.8) is 0 Å². The maximum Gasteiger partial charge on any atom is 2.00 e. The standard InChI is InChI=1S/C4H6O6.Fe/c5-1(3(7)8)2(6)4(9)10;/h1-2,5-6H,(H,7,8)(H,9,10);/q;+2/p-2/t1-,2-;/m1./s1. The number of hydrogen-bond acceptors (Lipinski definition) is 6. The summed E-state index contributed by atoms with van der Waals surface area (Å²) in [5.74, 6) is -4.12. The van der Waals surface area contributed by atoms with Crippen molar-refractivity contribution in [2.24, 2.45) is 0 Å². The molecule has 0 saturated heterocycles. The zero-order valence-corrected chi connectivity index (χ0v) is 6.14. The van der Waals surface area contributed by atoms with Gasteiger partial charge in [0.1, 0.15) is 12.2 Å². The van der Waals surface area contributed by atoms with Gasteiger partial charge in [0, 0.05) is 0 Å². The number of carbonyl (C=O) groups is 2. The van der Waals surface area contributed by atoms with Crippen molar-refractivity contribution in [3.05, 3.63) is 0 Å². The molecule has 0 aliphatic heterocycles. The molecular weight excluding hydrogens is 200 g/mol. The number of aliphatic hydroxyl groups excluding tert-OH is 2. The molecule has 0 aromatic heterocycles. The second kappa shape index (κ2) is 5.09. The van der Waals surface area contributed by atoms with Crippen molar-refractivity contribution in [3.8, 4) is 0 Å². The van der Waals surface area contributed by atoms with Crippen molar-refractivity contribution >= 4 is 11.9 Å². The van der Waals surface area contributed by atoms with Crippen molar-refractivity contribution in [1.29, 1.82) is 0 Å². The molecule has 0 aromatic rings. The SMILES string of the molecule is O=C([O-])[C@H](O)[C@@H](O)C(=O)[O-].[Fe+2]. The molecule has 0 saturated carbocycles. The Hall–Kier alpha value is -0.621. The minimum Gasteiger partial charge on any atom is -0.547 e. The van der Waals surface area contributed by atoms with E-state index in [2.05, 4.69) is 0 Å². The van der Waals surface area contributed by atoms with Gasteiger partial charge in [0.2, 0.25) is 0 Å². The van der Waals surface area contributed by atoms with Gasteiger partial charge in [-0.25, -0.2) is 0 Å². The fourth-order valence-corrected chi connectivity index (χ4v) is 0.258. The summed E-state index contributed by atoms with van der Waals surface area (Å²) < 4.78 is 0. The van der Waals surface area contributed by atoms with E-state index in [4.69, 9.17) is 10.2 Å². The summed E-state index contributed by atoms with van der Waals surface area (Å²) in [6.07, 6.45) is -4.88. The zero-order chi connectivity index (χ0) is 8.31. The summed E-state index contributed by atoms with van der Waals surface area (Å²) in [6.45, 7) is 0. The second-order valence-corrected chi connectivity index (χ2v) is 1.53. The molecule has 0 fully saturated rings. The average Bonchev–Trinajstić information content (AvgIpc) is 1.84. The molecule has 6 nitrogen and oxygen atoms in total. The molecule has 0 unspecified atom stereocenters. The summed E-state index contributed by atoms with van der Waals surface area (Å²) in [4.78, 5) is 19.3. The molecule has 0 aromatic carbocycles. The van der Waals surface area contributed by atoms with Gasteiger partial charge in [-0.2, -0.15) is 0 Å². The van der Waals surface area contributed by atoms with Crippen LogP contribution in [0.3, 0.4) is 0 Å². The summed E-state index contributed by atoms with van der Waals surface area (Å²) >= 11 is 0. The predicted molar refractivity (Wildman–Crippen MR) is 22.0 cm³/mol. The third-order valence-corrected chi connectivity index (χ3v) is 0.782. The molecule has 0 aliphatic rings. The van der Waals surface area contributed by atoms with Crippen LogP contribution in [0.5, 0.6) is 0 Å². The van der Waals surface area contributed by atoms with E-state index in [9.17, 15) is 19.8 Å². The van der Waals surface area contributed by atoms with Crippen molar-refractivity contribution < 1.29 is 47.1 Å². The van der Waals surface area contributed by atoms with Crippen LogP contribution in [0.1, 0.15) is 0 Å². The van der Waals surface area contributed by atoms with Gasteiger partial charge >= 0.3 is 17.1 Å². The first-order valence-corrected chi connectivity index (χ1v) is 2.24. The molecule has 7 heteroatoms. The molecule has 0 spiro atoms. The summed E-state index contributed by atoms with van der Waals surface area (Å²) in [5.41, 5.74) is 0. The quantitative estimate of drug-likeness (QED) is 0.445. The van der Waals surface area contributed by atoms with Gasteiger partial charge in [-0.3, -0.25) is 0 Å². The Morgan fingerprint density at radius 3 is 1.27 bits per heavy atom. The van der Waals surface area contributed by atoms with Gasteiger partial charge in [-0.1, -0.05) is 0 Å². The largest absolute Gasteiger partial charge is 2.00 e. The first-order valence-electron chi connectivity index (χ1n) is 2.24. The van der Waals surface area contributed by atoms with Crippen LogP contribution in [-0.2, 0) is 26.7 Å². The summed E-state index contributed by atoms with van der Waals surface area (Å²) in [5, 5.41) is 35.7. The van der Waals surface area contributed by atoms with Crippen LogP contribution >= 0.6 is 0 Å². The van der Waals surface area contributed by atoms with Gasteiger partial charge in [0.25, 0.3) is 0 Å². The number of hydrogen-bond donors (Lipinski definition) is 2. The molecule has 0 bridgehead atoms. The van der Waals surface area contributed by atoms with E-state index in [0.717, 1.165) is 0 Å². The Morgan fingerprint density at radius 1 is 1.00 bits per heavy atom. The molecule has 0 radical (unpaired) electrons. The van der Waals surface area contributed by atoms with Gasteiger partial charge in [-0.05, 0) is 0 Å². The Kier molecular flexibility index (Phi) is 6.01. The molecular formula is C4H4FeO6. The van der Waals surface area contributed by atoms with Crippen LogP contribution in [0, 0.1) is 0 Å². The summed E-state index contributed by atoms with van der Waals surface area (Å²) in [6, 6.07) is 0. The Labute approximate surface area is 71.9 Å². The fourth-order valence-electron chi connectivity index (χ4n) is 0.258. The average molecular weight is 204 g/mol. The van der Waals surface area contributed by atoms with E-state index < -0.39 is 24.1 Å². The maximum absolute atomic E-state index is 9.63. The third kappa shape index (κ3) is 3.94. The van der Waals surface area contributed by atoms with E-state index in [-0.39, 0.29) is 17.1 Å². The summed E-state index contributed by atoms with van der Waals surface area (Å²) in [7, 11) is 0. The van der Waals surface area contributed by atoms with Crippen molar-refractivity contribution in [1.82, 2.24) is 0 Å². The van der Waals surface area contributed by atoms with E-state index >= 15 is 0 Å². The first kappa shape index (κ1) is 13.0. The number of carboxylic acids is 2. The molecule has 64 valence electrons. The van der Waals surface area contributed by atoms with Crippen LogP contribution in [0.25, 0.3) is 0 Å². The van der Waals surface area contributed by atoms with E-state index in [1.54, 1.807) is 0 Å². The first-order chi connectivity index (χ1) is 4.46. The van der Waals surface area contributed by atoms with Crippen LogP contribution in [0.2, 0.25) is 0 Å². The third-order valence-electron chi connectivity index (χ3n) is 0.782. The van der Waals surface area contributed by atoms with Crippen LogP contribution in [0.4, 0.5) is 0 Å². The molecule has 0 heterocycles. The second-order valence-electron chi connectivity index (χ2n) is 1.53. The molecule has 11 heavy (non-hydrogen) atoms. The molecule has 0 amide bonds. The van der Waals surface area contributed by atoms with Gasteiger partial charge in [0.05, 0.1) is 11.9 Å². The Morgan fingerprint density at radius 2 is 1.18 bits per heavy atom. The number of carbonyl (C=O) groups excluding carboxylic acids is 2. The van der Waals surface area contributed by atoms with Crippen LogP contribution in [-0.4, -0.2) is 34.4 Å². The predicted octanol–water partition coefficient (Wildman–Crippen LogP) is -4.79. The Bertz CT molecular complexity index is 139. The number of aliphatic hydroxyl groups is 2. The Balaban J connectivity index is 0. The normalized spacial score (nSPS) is 14.4. The van der Waals surface area contributed by atoms with Crippen LogP contribution < -0.4 is 10.2 Å². The fraction of sp³-hybridized carbons (Fsp3) is 0.500. The minimum atomic E-state index is -2.44. The smallest absolute Gasteiger partial charge is 0.547 e. The number of carboxylic acid groups (broad SMARTS) is 2. The molecule has 0 aliphatic carbocycles. The van der Waals surface area contributed by atoms with Crippen molar-refractivity contribution in [2.75, 3.05) is 0 Å². The molecule has 2 N–H and O–H groups in total. The molecule has 2 atom stereocenters. The van der Waals surface area contributed by atoms with E-state index in [1.165, 1.54) is 0 Å². The molecule has 0 rings (SSSR count). The minimum absolute atomic E-state index is 0. The van der Waals surface area contributed by atoms with E-state index in [0.29, 0.717) is 0 Å². The number of rotatable bonds is 3. The topological polar surface area (TPSA) is 121 Å². The zero-order valence-electron chi connectivity index (χ0n) is 5.04. The van der Waals surface area contributed by atoms with Crippen molar-refractivity contribution in [2.45, 2.75) is 12.2 Å². The number of aliphatic carboxylic acids is 2. The monoisotopic (exact) mass is 204 g/mol. The van der Waals surface area contributed by atoms with Gasteiger partial charge in [0.15, 0.2) is 0 Å². The van der Waals surface area contributed by atoms with Gasteiger partial charge < -0.3 is 30.0 Å². The van der Waals surface area contributed by atoms with Crippen LogP contribution in [0.15, 0.2) is 0 Å². The van der Waals surface area contributed by atoms with E-state index in [1.807, 2.05) is 0 Å².